The van der Waals surface area contributed by atoms with E-state index in [4.69, 9.17) is 4.74 Å². The molecular weight excluding hydrogens is 342 g/mol. The molecule has 150 valence electrons. The summed E-state index contributed by atoms with van der Waals surface area (Å²) in [4.78, 5) is 24.7. The van der Waals surface area contributed by atoms with Crippen LogP contribution in [0.4, 0.5) is 0 Å². The summed E-state index contributed by atoms with van der Waals surface area (Å²) in [6.45, 7) is 9.80. The number of rotatable bonds is 6. The summed E-state index contributed by atoms with van der Waals surface area (Å²) in [5, 5.41) is 13.5. The molecule has 5 nitrogen and oxygen atoms in total. The Hall–Kier alpha value is -2.04. The van der Waals surface area contributed by atoms with Crippen molar-refractivity contribution in [2.75, 3.05) is 6.61 Å². The molecule has 1 aliphatic rings. The van der Waals surface area contributed by atoms with Crippen molar-refractivity contribution in [2.45, 2.75) is 78.2 Å². The zero-order valence-electron chi connectivity index (χ0n) is 17.2. The Kier molecular flexibility index (Phi) is 7.28. The molecule has 0 bridgehead atoms. The number of carbonyl (C=O) groups is 2. The van der Waals surface area contributed by atoms with Crippen molar-refractivity contribution in [1.82, 2.24) is 5.32 Å². The molecule has 0 saturated heterocycles. The summed E-state index contributed by atoms with van der Waals surface area (Å²) in [6, 6.07) is 3.74. The second-order valence-electron chi connectivity index (χ2n) is 8.33. The molecule has 2 atom stereocenters. The van der Waals surface area contributed by atoms with Crippen molar-refractivity contribution in [2.24, 2.45) is 5.92 Å². The van der Waals surface area contributed by atoms with Gasteiger partial charge in [0, 0.05) is 6.04 Å². The first-order valence-electron chi connectivity index (χ1n) is 10.0. The van der Waals surface area contributed by atoms with Crippen LogP contribution in [-0.4, -0.2) is 29.6 Å². The van der Waals surface area contributed by atoms with Crippen LogP contribution in [0.5, 0.6) is 5.75 Å². The van der Waals surface area contributed by atoms with Crippen molar-refractivity contribution in [3.63, 3.8) is 0 Å². The van der Waals surface area contributed by atoms with E-state index in [-0.39, 0.29) is 41.7 Å². The van der Waals surface area contributed by atoms with Gasteiger partial charge in [0.25, 0.3) is 5.91 Å². The lowest BCUT2D eigenvalue weighted by molar-refractivity contribution is -0.125. The summed E-state index contributed by atoms with van der Waals surface area (Å²) < 4.78 is 5.21. The van der Waals surface area contributed by atoms with E-state index in [1.165, 1.54) is 6.42 Å². The predicted octanol–water partition coefficient (Wildman–Crippen LogP) is 4.49. The molecule has 1 amide bonds. The Morgan fingerprint density at radius 2 is 1.81 bits per heavy atom. The smallest absolute Gasteiger partial charge is 0.342 e. The minimum absolute atomic E-state index is 0.0549. The second kappa shape index (κ2) is 9.25. The third-order valence-corrected chi connectivity index (χ3v) is 5.46. The minimum Gasteiger partial charge on any atom is -0.507 e. The molecule has 0 radical (unpaired) electrons. The highest BCUT2D eigenvalue weighted by molar-refractivity contribution is 5.94. The molecule has 0 aromatic heterocycles. The molecular formula is C22H33NO4. The van der Waals surface area contributed by atoms with Crippen LogP contribution in [0.2, 0.25) is 0 Å². The van der Waals surface area contributed by atoms with Crippen LogP contribution >= 0.6 is 0 Å². The number of amides is 1. The minimum atomic E-state index is -0.663. The fourth-order valence-corrected chi connectivity index (χ4v) is 3.60. The number of phenolic OH excluding ortho intramolecular Hbond substituents is 1. The number of carbonyl (C=O) groups excluding carboxylic acids is 2. The average Bonchev–Trinajstić information content (AvgIpc) is 2.61. The Bertz CT molecular complexity index is 681. The van der Waals surface area contributed by atoms with E-state index >= 15 is 0 Å². The topological polar surface area (TPSA) is 75.6 Å². The van der Waals surface area contributed by atoms with E-state index in [0.717, 1.165) is 24.8 Å². The molecule has 0 heterocycles. The van der Waals surface area contributed by atoms with E-state index in [1.54, 1.807) is 6.07 Å². The maximum Gasteiger partial charge on any atom is 0.342 e. The van der Waals surface area contributed by atoms with Gasteiger partial charge in [0.05, 0.1) is 0 Å². The third kappa shape index (κ3) is 5.47. The normalized spacial score (nSPS) is 20.0. The highest BCUT2D eigenvalue weighted by Gasteiger charge is 2.24. The quantitative estimate of drug-likeness (QED) is 0.718. The first kappa shape index (κ1) is 21.3. The molecule has 1 fully saturated rings. The van der Waals surface area contributed by atoms with Gasteiger partial charge in [0.15, 0.2) is 6.61 Å². The molecule has 27 heavy (non-hydrogen) atoms. The molecule has 1 aromatic rings. The van der Waals surface area contributed by atoms with Crippen LogP contribution in [0, 0.1) is 5.92 Å². The van der Waals surface area contributed by atoms with Crippen LogP contribution in [0.1, 0.15) is 93.6 Å². The number of hydrogen-bond donors (Lipinski definition) is 2. The Labute approximate surface area is 162 Å². The lowest BCUT2D eigenvalue weighted by Gasteiger charge is -2.29. The molecule has 2 unspecified atom stereocenters. The summed E-state index contributed by atoms with van der Waals surface area (Å²) in [6.07, 6.45) is 4.39. The van der Waals surface area contributed by atoms with Gasteiger partial charge in [-0.05, 0) is 47.8 Å². The molecule has 1 saturated carbocycles. The maximum absolute atomic E-state index is 12.5. The molecule has 2 N–H and O–H groups in total. The van der Waals surface area contributed by atoms with Crippen molar-refractivity contribution in [1.29, 1.82) is 0 Å². The number of benzene rings is 1. The largest absolute Gasteiger partial charge is 0.507 e. The van der Waals surface area contributed by atoms with Gasteiger partial charge < -0.3 is 15.2 Å². The average molecular weight is 376 g/mol. The van der Waals surface area contributed by atoms with Crippen LogP contribution in [0.15, 0.2) is 12.1 Å². The van der Waals surface area contributed by atoms with Gasteiger partial charge in [-0.1, -0.05) is 53.5 Å². The fourth-order valence-electron chi connectivity index (χ4n) is 3.60. The van der Waals surface area contributed by atoms with Crippen molar-refractivity contribution in [3.05, 3.63) is 28.8 Å². The Morgan fingerprint density at radius 1 is 1.15 bits per heavy atom. The summed E-state index contributed by atoms with van der Waals surface area (Å²) >= 11 is 0. The molecule has 0 spiro atoms. The number of aromatic hydroxyl groups is 1. The number of nitrogens with one attached hydrogen (secondary N) is 1. The zero-order valence-corrected chi connectivity index (χ0v) is 17.2. The SMILES string of the molecule is CC(C)c1cc(C(=O)OCC(=O)NC2CCCCC2C)c(O)c(C(C)C)c1. The summed E-state index contributed by atoms with van der Waals surface area (Å²) in [5.41, 5.74) is 1.81. The highest BCUT2D eigenvalue weighted by Crippen LogP contribution is 2.33. The van der Waals surface area contributed by atoms with Crippen LogP contribution in [0.3, 0.4) is 0 Å². The highest BCUT2D eigenvalue weighted by atomic mass is 16.5. The van der Waals surface area contributed by atoms with E-state index in [9.17, 15) is 14.7 Å². The lowest BCUT2D eigenvalue weighted by Crippen LogP contribution is -2.42. The van der Waals surface area contributed by atoms with Gasteiger partial charge in [0.2, 0.25) is 0 Å². The molecule has 5 heteroatoms. The van der Waals surface area contributed by atoms with E-state index in [0.29, 0.717) is 11.5 Å². The van der Waals surface area contributed by atoms with Gasteiger partial charge in [-0.15, -0.1) is 0 Å². The van der Waals surface area contributed by atoms with Gasteiger partial charge in [-0.3, -0.25) is 4.79 Å². The molecule has 2 rings (SSSR count). The Morgan fingerprint density at radius 3 is 2.41 bits per heavy atom. The van der Waals surface area contributed by atoms with Gasteiger partial charge in [-0.2, -0.15) is 0 Å². The standard InChI is InChI=1S/C22H33NO4/c1-13(2)16-10-17(14(3)4)21(25)18(11-16)22(26)27-12-20(24)23-19-9-7-6-8-15(19)5/h10-11,13-15,19,25H,6-9,12H2,1-5H3,(H,23,24). The van der Waals surface area contributed by atoms with Crippen LogP contribution < -0.4 is 5.32 Å². The number of esters is 1. The van der Waals surface area contributed by atoms with E-state index in [2.05, 4.69) is 12.2 Å². The van der Waals surface area contributed by atoms with E-state index in [1.807, 2.05) is 33.8 Å². The third-order valence-electron chi connectivity index (χ3n) is 5.46. The molecule has 0 aliphatic heterocycles. The summed E-state index contributed by atoms with van der Waals surface area (Å²) in [7, 11) is 0. The van der Waals surface area contributed by atoms with Crippen LogP contribution in [0.25, 0.3) is 0 Å². The second-order valence-corrected chi connectivity index (χ2v) is 8.33. The number of hydrogen-bond acceptors (Lipinski definition) is 4. The van der Waals surface area contributed by atoms with Crippen molar-refractivity contribution in [3.8, 4) is 5.75 Å². The Balaban J connectivity index is 2.05. The first-order chi connectivity index (χ1) is 12.7. The maximum atomic E-state index is 12.5. The monoisotopic (exact) mass is 375 g/mol. The summed E-state index contributed by atoms with van der Waals surface area (Å²) in [5.74, 6) is -0.272. The zero-order chi connectivity index (χ0) is 20.1. The van der Waals surface area contributed by atoms with Crippen molar-refractivity contribution < 1.29 is 19.4 Å². The molecule has 1 aliphatic carbocycles. The molecule has 1 aromatic carbocycles. The van der Waals surface area contributed by atoms with Gasteiger partial charge in [-0.25, -0.2) is 4.79 Å². The van der Waals surface area contributed by atoms with E-state index < -0.39 is 5.97 Å². The van der Waals surface area contributed by atoms with Crippen molar-refractivity contribution >= 4 is 11.9 Å². The number of phenols is 1. The number of ether oxygens (including phenoxy) is 1. The lowest BCUT2D eigenvalue weighted by atomic mass is 9.86. The van der Waals surface area contributed by atoms with Crippen LogP contribution in [-0.2, 0) is 9.53 Å². The fraction of sp³-hybridized carbons (Fsp3) is 0.636. The predicted molar refractivity (Wildman–Crippen MR) is 106 cm³/mol. The first-order valence-corrected chi connectivity index (χ1v) is 10.0. The van der Waals surface area contributed by atoms with Gasteiger partial charge in [0.1, 0.15) is 11.3 Å². The van der Waals surface area contributed by atoms with Gasteiger partial charge >= 0.3 is 5.97 Å².